The van der Waals surface area contributed by atoms with Gasteiger partial charge >= 0.3 is 0 Å². The van der Waals surface area contributed by atoms with E-state index >= 15 is 0 Å². The summed E-state index contributed by atoms with van der Waals surface area (Å²) < 4.78 is 7.41. The highest BCUT2D eigenvalue weighted by Crippen LogP contribution is 2.22. The molecule has 0 spiro atoms. The number of anilines is 1. The van der Waals surface area contributed by atoms with Gasteiger partial charge in [0.15, 0.2) is 11.6 Å². The fourth-order valence-corrected chi connectivity index (χ4v) is 3.89. The minimum atomic E-state index is 0. The van der Waals surface area contributed by atoms with E-state index in [1.54, 1.807) is 7.11 Å². The van der Waals surface area contributed by atoms with Gasteiger partial charge in [0.2, 0.25) is 0 Å². The first kappa shape index (κ1) is 24.1. The third-order valence-electron chi connectivity index (χ3n) is 5.54. The van der Waals surface area contributed by atoms with Crippen LogP contribution in [0.3, 0.4) is 0 Å². The monoisotopic (exact) mass is 549 g/mol. The fraction of sp³-hybridized carbons (Fsp3) is 0.435. The van der Waals surface area contributed by atoms with Crippen LogP contribution in [0.25, 0.3) is 5.65 Å². The standard InChI is InChI=1S/C23H31N7O.HI/c1-3-24-23(25-12-7-11-22-27-26-21-10-4-5-13-30(21)22)29-16-14-28(15-17-29)19-8-6-9-20(18-19)31-2;/h4-6,8-10,13,18H,3,7,11-12,14-17H2,1-2H3,(H,24,25);1H. The zero-order valence-electron chi connectivity index (χ0n) is 18.8. The van der Waals surface area contributed by atoms with Crippen molar-refractivity contribution in [3.8, 4) is 5.75 Å². The Morgan fingerprint density at radius 2 is 1.94 bits per heavy atom. The highest BCUT2D eigenvalue weighted by molar-refractivity contribution is 14.0. The van der Waals surface area contributed by atoms with Crippen molar-refractivity contribution in [2.75, 3.05) is 51.3 Å². The van der Waals surface area contributed by atoms with E-state index in [0.29, 0.717) is 0 Å². The normalized spacial score (nSPS) is 14.4. The molecule has 0 radical (unpaired) electrons. The number of guanidine groups is 1. The predicted molar refractivity (Wildman–Crippen MR) is 139 cm³/mol. The molecule has 32 heavy (non-hydrogen) atoms. The van der Waals surface area contributed by atoms with E-state index in [2.05, 4.69) is 44.4 Å². The van der Waals surface area contributed by atoms with Crippen LogP contribution < -0.4 is 15.0 Å². The molecule has 1 saturated heterocycles. The van der Waals surface area contributed by atoms with Gasteiger partial charge in [-0.3, -0.25) is 9.39 Å². The van der Waals surface area contributed by atoms with Crippen LogP contribution >= 0.6 is 24.0 Å². The molecular weight excluding hydrogens is 517 g/mol. The van der Waals surface area contributed by atoms with E-state index in [1.807, 2.05) is 40.9 Å². The van der Waals surface area contributed by atoms with Crippen LogP contribution in [0.2, 0.25) is 0 Å². The number of nitrogens with zero attached hydrogens (tertiary/aromatic N) is 6. The summed E-state index contributed by atoms with van der Waals surface area (Å²) in [5.41, 5.74) is 2.10. The van der Waals surface area contributed by atoms with Crippen LogP contribution in [-0.2, 0) is 6.42 Å². The minimum absolute atomic E-state index is 0. The first-order valence-electron chi connectivity index (χ1n) is 11.0. The van der Waals surface area contributed by atoms with E-state index < -0.39 is 0 Å². The predicted octanol–water partition coefficient (Wildman–Crippen LogP) is 3.08. The van der Waals surface area contributed by atoms with Crippen LogP contribution in [-0.4, -0.2) is 71.8 Å². The Morgan fingerprint density at radius 3 is 2.72 bits per heavy atom. The molecule has 8 nitrogen and oxygen atoms in total. The number of aromatic nitrogens is 3. The Bertz CT molecular complexity index is 1010. The molecule has 2 aromatic heterocycles. The summed E-state index contributed by atoms with van der Waals surface area (Å²) in [6.07, 6.45) is 3.81. The van der Waals surface area contributed by atoms with Gasteiger partial charge in [-0.05, 0) is 37.6 Å². The molecule has 3 aromatic rings. The quantitative estimate of drug-likeness (QED) is 0.212. The number of ether oxygens (including phenoxy) is 1. The zero-order valence-corrected chi connectivity index (χ0v) is 21.1. The zero-order chi connectivity index (χ0) is 21.5. The van der Waals surface area contributed by atoms with Crippen molar-refractivity contribution in [3.05, 3.63) is 54.5 Å². The van der Waals surface area contributed by atoms with Gasteiger partial charge in [-0.1, -0.05) is 12.1 Å². The number of methoxy groups -OCH3 is 1. The molecule has 1 aromatic carbocycles. The molecular formula is C23H32IN7O. The number of aliphatic imine (C=N–C) groups is 1. The van der Waals surface area contributed by atoms with Crippen molar-refractivity contribution in [3.63, 3.8) is 0 Å². The third-order valence-corrected chi connectivity index (χ3v) is 5.54. The van der Waals surface area contributed by atoms with E-state index in [9.17, 15) is 0 Å². The number of hydrogen-bond donors (Lipinski definition) is 1. The van der Waals surface area contributed by atoms with Crippen LogP contribution in [0.1, 0.15) is 19.2 Å². The molecule has 0 unspecified atom stereocenters. The lowest BCUT2D eigenvalue weighted by molar-refractivity contribution is 0.372. The van der Waals surface area contributed by atoms with Crippen molar-refractivity contribution in [2.24, 2.45) is 4.99 Å². The Hall–Kier alpha value is -2.56. The molecule has 4 rings (SSSR count). The van der Waals surface area contributed by atoms with E-state index in [4.69, 9.17) is 9.73 Å². The number of benzene rings is 1. The largest absolute Gasteiger partial charge is 0.497 e. The average Bonchev–Trinajstić information content (AvgIpc) is 3.24. The summed E-state index contributed by atoms with van der Waals surface area (Å²) in [6, 6.07) is 14.2. The summed E-state index contributed by atoms with van der Waals surface area (Å²) >= 11 is 0. The van der Waals surface area contributed by atoms with Crippen LogP contribution in [0.5, 0.6) is 5.75 Å². The smallest absolute Gasteiger partial charge is 0.194 e. The molecule has 0 bridgehead atoms. The van der Waals surface area contributed by atoms with Gasteiger partial charge in [0.05, 0.1) is 7.11 Å². The van der Waals surface area contributed by atoms with Gasteiger partial charge in [0.1, 0.15) is 11.6 Å². The molecule has 1 aliphatic rings. The Morgan fingerprint density at radius 1 is 1.09 bits per heavy atom. The second-order valence-corrected chi connectivity index (χ2v) is 7.56. The molecule has 3 heterocycles. The summed E-state index contributed by atoms with van der Waals surface area (Å²) in [5.74, 6) is 2.89. The van der Waals surface area contributed by atoms with Crippen molar-refractivity contribution < 1.29 is 4.74 Å². The molecule has 0 amide bonds. The second kappa shape index (κ2) is 11.9. The minimum Gasteiger partial charge on any atom is -0.497 e. The molecule has 9 heteroatoms. The first-order chi connectivity index (χ1) is 15.3. The van der Waals surface area contributed by atoms with E-state index in [0.717, 1.165) is 75.3 Å². The van der Waals surface area contributed by atoms with Gasteiger partial charge in [-0.15, -0.1) is 34.2 Å². The highest BCUT2D eigenvalue weighted by atomic mass is 127. The molecule has 0 aliphatic carbocycles. The number of nitrogens with one attached hydrogen (secondary N) is 1. The molecule has 1 fully saturated rings. The maximum atomic E-state index is 5.37. The molecule has 1 aliphatic heterocycles. The number of halogens is 1. The number of pyridine rings is 1. The molecule has 1 N–H and O–H groups in total. The summed E-state index contributed by atoms with van der Waals surface area (Å²) in [6.45, 7) is 7.55. The van der Waals surface area contributed by atoms with Crippen molar-refractivity contribution >= 4 is 41.3 Å². The number of piperazine rings is 1. The van der Waals surface area contributed by atoms with Crippen molar-refractivity contribution in [1.29, 1.82) is 0 Å². The number of fused-ring (bicyclic) bond motifs is 1. The van der Waals surface area contributed by atoms with Crippen molar-refractivity contribution in [1.82, 2.24) is 24.8 Å². The SMILES string of the molecule is CCNC(=NCCCc1nnc2ccccn12)N1CCN(c2cccc(OC)c2)CC1.I. The lowest BCUT2D eigenvalue weighted by atomic mass is 10.2. The van der Waals surface area contributed by atoms with Crippen molar-refractivity contribution in [2.45, 2.75) is 19.8 Å². The van der Waals surface area contributed by atoms with Gasteiger partial charge < -0.3 is 19.9 Å². The second-order valence-electron chi connectivity index (χ2n) is 7.56. The lowest BCUT2D eigenvalue weighted by Gasteiger charge is -2.37. The number of hydrogen-bond acceptors (Lipinski definition) is 5. The summed E-state index contributed by atoms with van der Waals surface area (Å²) in [4.78, 5) is 9.63. The Labute approximate surface area is 206 Å². The van der Waals surface area contributed by atoms with Crippen LogP contribution in [0.4, 0.5) is 5.69 Å². The first-order valence-corrected chi connectivity index (χ1v) is 11.0. The average molecular weight is 549 g/mol. The van der Waals surface area contributed by atoms with E-state index in [-0.39, 0.29) is 24.0 Å². The fourth-order valence-electron chi connectivity index (χ4n) is 3.89. The molecule has 172 valence electrons. The molecule has 0 atom stereocenters. The Kier molecular flexibility index (Phi) is 8.95. The number of aryl methyl sites for hydroxylation is 1. The van der Waals surface area contributed by atoms with Crippen LogP contribution in [0, 0.1) is 0 Å². The maximum absolute atomic E-state index is 5.37. The highest BCUT2D eigenvalue weighted by Gasteiger charge is 2.20. The lowest BCUT2D eigenvalue weighted by Crippen LogP contribution is -2.52. The number of rotatable bonds is 7. The molecule has 0 saturated carbocycles. The van der Waals surface area contributed by atoms with Crippen LogP contribution in [0.15, 0.2) is 53.7 Å². The van der Waals surface area contributed by atoms with E-state index in [1.165, 1.54) is 5.69 Å². The maximum Gasteiger partial charge on any atom is 0.194 e. The third kappa shape index (κ3) is 5.81. The van der Waals surface area contributed by atoms with Gasteiger partial charge in [0.25, 0.3) is 0 Å². The van der Waals surface area contributed by atoms with Gasteiger partial charge in [-0.2, -0.15) is 0 Å². The van der Waals surface area contributed by atoms with Gasteiger partial charge in [0, 0.05) is 63.6 Å². The van der Waals surface area contributed by atoms with Gasteiger partial charge in [-0.25, -0.2) is 0 Å². The topological polar surface area (TPSA) is 70.3 Å². The Balaban J connectivity index is 0.00000289. The summed E-state index contributed by atoms with van der Waals surface area (Å²) in [7, 11) is 1.71. The summed E-state index contributed by atoms with van der Waals surface area (Å²) in [5, 5.41) is 12.0.